The summed E-state index contributed by atoms with van der Waals surface area (Å²) in [6, 6.07) is 14.4. The Kier molecular flexibility index (Phi) is 5.21. The van der Waals surface area contributed by atoms with Crippen molar-refractivity contribution in [3.05, 3.63) is 65.7 Å². The highest BCUT2D eigenvalue weighted by Gasteiger charge is 2.42. The molecule has 1 aromatic heterocycles. The maximum absolute atomic E-state index is 13.5. The van der Waals surface area contributed by atoms with Gasteiger partial charge in [0.1, 0.15) is 28.8 Å². The number of nitrogens with one attached hydrogen (secondary N) is 1. The Morgan fingerprint density at radius 1 is 1.06 bits per heavy atom. The van der Waals surface area contributed by atoms with Crippen LogP contribution in [0.15, 0.2) is 48.5 Å². The first-order chi connectivity index (χ1) is 15.4. The molecular formula is C25H27FN4O2. The molecule has 0 unspecified atom stereocenters. The highest BCUT2D eigenvalue weighted by molar-refractivity contribution is 5.85. The molecule has 0 atom stereocenters. The van der Waals surface area contributed by atoms with Crippen molar-refractivity contribution in [1.29, 1.82) is 0 Å². The summed E-state index contributed by atoms with van der Waals surface area (Å²) in [5.41, 5.74) is 2.38. The van der Waals surface area contributed by atoms with E-state index in [9.17, 15) is 14.3 Å². The number of hydrogen-bond acceptors (Lipinski definition) is 4. The van der Waals surface area contributed by atoms with Gasteiger partial charge in [-0.1, -0.05) is 17.7 Å². The summed E-state index contributed by atoms with van der Waals surface area (Å²) < 4.78 is 15.6. The Balaban J connectivity index is 1.50. The molecule has 3 aromatic rings. The highest BCUT2D eigenvalue weighted by Crippen LogP contribution is 2.36. The highest BCUT2D eigenvalue weighted by atomic mass is 19.1. The minimum Gasteiger partial charge on any atom is -0.380 e. The minimum absolute atomic E-state index is 0.194. The molecule has 0 spiro atoms. The summed E-state index contributed by atoms with van der Waals surface area (Å²) in [4.78, 5) is 19.6. The lowest BCUT2D eigenvalue weighted by Gasteiger charge is -2.33. The summed E-state index contributed by atoms with van der Waals surface area (Å²) in [5.74, 6) is 1.08. The number of hydrogen-bond donors (Lipinski definition) is 2. The van der Waals surface area contributed by atoms with Crippen LogP contribution in [0.2, 0.25) is 0 Å². The Bertz CT molecular complexity index is 1130. The summed E-state index contributed by atoms with van der Waals surface area (Å²) in [6.07, 6.45) is 2.81. The number of rotatable bonds is 4. The number of anilines is 2. The number of carbonyl (C=O) groups excluding carboxylic acids is 1. The van der Waals surface area contributed by atoms with Crippen molar-refractivity contribution in [2.45, 2.75) is 51.3 Å². The van der Waals surface area contributed by atoms with Crippen LogP contribution in [-0.2, 0) is 17.9 Å². The maximum Gasteiger partial charge on any atom is 0.254 e. The molecule has 1 aliphatic heterocycles. The van der Waals surface area contributed by atoms with Gasteiger partial charge in [-0.05, 0) is 69.0 Å². The van der Waals surface area contributed by atoms with E-state index in [0.29, 0.717) is 32.5 Å². The number of carbonyl (C=O) groups is 1. The zero-order valence-corrected chi connectivity index (χ0v) is 18.1. The first-order valence-corrected chi connectivity index (χ1v) is 11.1. The van der Waals surface area contributed by atoms with E-state index in [-0.39, 0.29) is 11.7 Å². The number of amides is 1. The fourth-order valence-electron chi connectivity index (χ4n) is 4.68. The van der Waals surface area contributed by atoms with Crippen molar-refractivity contribution >= 4 is 17.4 Å². The summed E-state index contributed by atoms with van der Waals surface area (Å²) >= 11 is 0. The Hall–Kier alpha value is -3.19. The van der Waals surface area contributed by atoms with Crippen molar-refractivity contribution in [3.8, 4) is 11.3 Å². The first-order valence-electron chi connectivity index (χ1n) is 11.1. The van der Waals surface area contributed by atoms with Gasteiger partial charge in [-0.2, -0.15) is 0 Å². The van der Waals surface area contributed by atoms with Crippen LogP contribution in [-0.4, -0.2) is 37.6 Å². The lowest BCUT2D eigenvalue weighted by molar-refractivity contribution is -0.152. The van der Waals surface area contributed by atoms with Crippen LogP contribution >= 0.6 is 0 Å². The number of aromatic nitrogens is 2. The molecule has 2 aliphatic rings. The van der Waals surface area contributed by atoms with E-state index in [1.807, 2.05) is 31.2 Å². The van der Waals surface area contributed by atoms with Crippen molar-refractivity contribution in [3.63, 3.8) is 0 Å². The van der Waals surface area contributed by atoms with Crippen molar-refractivity contribution < 1.29 is 14.3 Å². The topological polar surface area (TPSA) is 70.4 Å². The Morgan fingerprint density at radius 2 is 1.75 bits per heavy atom. The van der Waals surface area contributed by atoms with E-state index in [1.165, 1.54) is 17.7 Å². The molecular weight excluding hydrogens is 407 g/mol. The van der Waals surface area contributed by atoms with Crippen LogP contribution < -0.4 is 5.32 Å². The molecule has 2 heterocycles. The lowest BCUT2D eigenvalue weighted by atomic mass is 10.0. The molecule has 1 amide bonds. The SMILES string of the molecule is Cc1ccc(Nc2c(-c3ccc(F)cc3)nc3n2CCN(C(=O)C2(O)CCCC2)C3)cc1. The number of nitrogens with zero attached hydrogens (tertiary/aromatic N) is 3. The van der Waals surface area contributed by atoms with Gasteiger partial charge in [0.15, 0.2) is 0 Å². The Labute approximate surface area is 186 Å². The van der Waals surface area contributed by atoms with Crippen LogP contribution in [0.5, 0.6) is 0 Å². The molecule has 7 heteroatoms. The molecule has 0 saturated heterocycles. The van der Waals surface area contributed by atoms with E-state index in [4.69, 9.17) is 4.98 Å². The number of benzene rings is 2. The predicted octanol–water partition coefficient (Wildman–Crippen LogP) is 4.39. The van der Waals surface area contributed by atoms with Crippen LogP contribution in [0.25, 0.3) is 11.3 Å². The second-order valence-corrected chi connectivity index (χ2v) is 8.84. The summed E-state index contributed by atoms with van der Waals surface area (Å²) in [7, 11) is 0. The zero-order valence-electron chi connectivity index (χ0n) is 18.1. The van der Waals surface area contributed by atoms with Gasteiger partial charge in [0.05, 0.1) is 6.54 Å². The largest absolute Gasteiger partial charge is 0.380 e. The fourth-order valence-corrected chi connectivity index (χ4v) is 4.68. The maximum atomic E-state index is 13.5. The van der Waals surface area contributed by atoms with Crippen molar-refractivity contribution in [2.75, 3.05) is 11.9 Å². The number of halogens is 1. The van der Waals surface area contributed by atoms with E-state index in [1.54, 1.807) is 17.0 Å². The third-order valence-corrected chi connectivity index (χ3v) is 6.52. The number of imidazole rings is 1. The van der Waals surface area contributed by atoms with Gasteiger partial charge in [-0.3, -0.25) is 4.79 Å². The van der Waals surface area contributed by atoms with Gasteiger partial charge >= 0.3 is 0 Å². The molecule has 32 heavy (non-hydrogen) atoms. The molecule has 1 aliphatic carbocycles. The average molecular weight is 435 g/mol. The Morgan fingerprint density at radius 3 is 2.44 bits per heavy atom. The minimum atomic E-state index is -1.24. The van der Waals surface area contributed by atoms with Crippen molar-refractivity contribution in [2.24, 2.45) is 0 Å². The molecule has 2 N–H and O–H groups in total. The quantitative estimate of drug-likeness (QED) is 0.639. The lowest BCUT2D eigenvalue weighted by Crippen LogP contribution is -2.49. The predicted molar refractivity (Wildman–Crippen MR) is 121 cm³/mol. The van der Waals surface area contributed by atoms with Gasteiger partial charge in [0, 0.05) is 24.3 Å². The molecule has 0 bridgehead atoms. The van der Waals surface area contributed by atoms with Crippen LogP contribution in [0.1, 0.15) is 37.1 Å². The molecule has 0 radical (unpaired) electrons. The normalized spacial score (nSPS) is 17.3. The van der Waals surface area contributed by atoms with Crippen LogP contribution in [0, 0.1) is 12.7 Å². The van der Waals surface area contributed by atoms with E-state index in [2.05, 4.69) is 9.88 Å². The van der Waals surface area contributed by atoms with Gasteiger partial charge in [0.2, 0.25) is 0 Å². The molecule has 5 rings (SSSR count). The molecule has 1 saturated carbocycles. The van der Waals surface area contributed by atoms with Gasteiger partial charge < -0.3 is 19.9 Å². The molecule has 1 fully saturated rings. The fraction of sp³-hybridized carbons (Fsp3) is 0.360. The molecule has 166 valence electrons. The van der Waals surface area contributed by atoms with E-state index in [0.717, 1.165) is 41.4 Å². The number of fused-ring (bicyclic) bond motifs is 1. The number of aryl methyl sites for hydroxylation is 1. The van der Waals surface area contributed by atoms with Crippen LogP contribution in [0.4, 0.5) is 15.9 Å². The molecule has 6 nitrogen and oxygen atoms in total. The zero-order chi connectivity index (χ0) is 22.3. The second kappa shape index (κ2) is 8.06. The van der Waals surface area contributed by atoms with Crippen molar-refractivity contribution in [1.82, 2.24) is 14.5 Å². The third kappa shape index (κ3) is 3.77. The van der Waals surface area contributed by atoms with E-state index >= 15 is 0 Å². The average Bonchev–Trinajstić information content (AvgIpc) is 3.40. The van der Waals surface area contributed by atoms with Gasteiger partial charge in [-0.15, -0.1) is 0 Å². The van der Waals surface area contributed by atoms with Crippen LogP contribution in [0.3, 0.4) is 0 Å². The third-order valence-electron chi connectivity index (χ3n) is 6.52. The first kappa shape index (κ1) is 20.7. The number of aliphatic hydroxyl groups is 1. The molecule has 2 aromatic carbocycles. The monoisotopic (exact) mass is 434 g/mol. The second-order valence-electron chi connectivity index (χ2n) is 8.84. The standard InChI is InChI=1S/C25H27FN4O2/c1-17-4-10-20(11-5-17)27-23-22(18-6-8-19(26)9-7-18)28-21-16-29(14-15-30(21)23)24(31)25(32)12-2-3-13-25/h4-11,27,32H,2-3,12-16H2,1H3. The smallest absolute Gasteiger partial charge is 0.254 e. The summed E-state index contributed by atoms with van der Waals surface area (Å²) in [6.45, 7) is 3.46. The van der Waals surface area contributed by atoms with E-state index < -0.39 is 5.60 Å². The van der Waals surface area contributed by atoms with Gasteiger partial charge in [0.25, 0.3) is 5.91 Å². The van der Waals surface area contributed by atoms with Gasteiger partial charge in [-0.25, -0.2) is 9.37 Å². The summed E-state index contributed by atoms with van der Waals surface area (Å²) in [5, 5.41) is 14.3.